The minimum atomic E-state index is -0.352. The molecule has 0 fully saturated rings. The molecule has 3 rings (SSSR count). The molecule has 0 radical (unpaired) electrons. The molecule has 0 saturated carbocycles. The minimum absolute atomic E-state index is 0.0558. The Morgan fingerprint density at radius 3 is 1.69 bits per heavy atom. The number of benzene rings is 2. The monoisotopic (exact) mass is 487 g/mol. The van der Waals surface area contributed by atoms with Crippen LogP contribution < -0.4 is 0 Å². The Hall–Kier alpha value is -2.49. The zero-order valence-corrected chi connectivity index (χ0v) is 20.8. The molecule has 8 heteroatoms. The maximum atomic E-state index is 12.5. The molecule has 1 amide bonds. The molecule has 0 unspecified atom stereocenters. The van der Waals surface area contributed by atoms with Crippen LogP contribution in [-0.4, -0.2) is 97.8 Å². The highest BCUT2D eigenvalue weighted by Crippen LogP contribution is 2.44. The summed E-state index contributed by atoms with van der Waals surface area (Å²) in [6.45, 7) is 5.36. The number of hydrogen-bond donors (Lipinski definition) is 0. The fourth-order valence-corrected chi connectivity index (χ4v) is 3.90. The Labute approximate surface area is 208 Å². The first-order valence-electron chi connectivity index (χ1n) is 12.1. The summed E-state index contributed by atoms with van der Waals surface area (Å²) in [6.07, 6.45) is -0.352. The van der Waals surface area contributed by atoms with Gasteiger partial charge in [0.15, 0.2) is 0 Å². The SMILES string of the molecule is COCCOCCOCCOCCOCCN(C)C(=O)OCC1c2ccccc2-c2ccccc21. The van der Waals surface area contributed by atoms with E-state index in [9.17, 15) is 4.79 Å². The molecule has 2 aromatic carbocycles. The van der Waals surface area contributed by atoms with Gasteiger partial charge in [-0.2, -0.15) is 0 Å². The standard InChI is InChI=1S/C27H37NO7/c1-28(11-12-31-15-16-33-19-20-34-18-17-32-14-13-30-2)27(29)35-21-26-24-9-5-3-7-22(24)23-8-4-6-10-25(23)26/h3-10,26H,11-21H2,1-2H3. The average molecular weight is 488 g/mol. The van der Waals surface area contributed by atoms with Crippen molar-refractivity contribution in [2.24, 2.45) is 0 Å². The summed E-state index contributed by atoms with van der Waals surface area (Å²) < 4.78 is 32.3. The topological polar surface area (TPSA) is 75.7 Å². The number of fused-ring (bicyclic) bond motifs is 3. The molecule has 1 aliphatic carbocycles. The molecule has 0 aliphatic heterocycles. The highest BCUT2D eigenvalue weighted by molar-refractivity contribution is 5.79. The molecule has 0 saturated heterocycles. The van der Waals surface area contributed by atoms with Crippen molar-refractivity contribution in [3.63, 3.8) is 0 Å². The van der Waals surface area contributed by atoms with Crippen LogP contribution in [0.5, 0.6) is 0 Å². The number of carbonyl (C=O) groups excluding carboxylic acids is 1. The second kappa shape index (κ2) is 15.5. The van der Waals surface area contributed by atoms with Gasteiger partial charge >= 0.3 is 6.09 Å². The molecule has 0 heterocycles. The van der Waals surface area contributed by atoms with Gasteiger partial charge in [-0.3, -0.25) is 0 Å². The van der Waals surface area contributed by atoms with Crippen molar-refractivity contribution < 1.29 is 33.2 Å². The maximum absolute atomic E-state index is 12.5. The summed E-state index contributed by atoms with van der Waals surface area (Å²) in [5.74, 6) is 0.0558. The van der Waals surface area contributed by atoms with Crippen LogP contribution in [0.4, 0.5) is 4.79 Å². The predicted octanol–water partition coefficient (Wildman–Crippen LogP) is 3.58. The summed E-state index contributed by atoms with van der Waals surface area (Å²) in [5, 5.41) is 0. The van der Waals surface area contributed by atoms with E-state index in [4.69, 9.17) is 28.4 Å². The fourth-order valence-electron chi connectivity index (χ4n) is 3.90. The molecular formula is C27H37NO7. The number of carbonyl (C=O) groups is 1. The minimum Gasteiger partial charge on any atom is -0.448 e. The zero-order chi connectivity index (χ0) is 24.7. The third-order valence-corrected chi connectivity index (χ3v) is 5.77. The van der Waals surface area contributed by atoms with Gasteiger partial charge in [-0.1, -0.05) is 48.5 Å². The smallest absolute Gasteiger partial charge is 0.409 e. The Morgan fingerprint density at radius 2 is 1.17 bits per heavy atom. The molecule has 35 heavy (non-hydrogen) atoms. The summed E-state index contributed by atoms with van der Waals surface area (Å²) >= 11 is 0. The van der Waals surface area contributed by atoms with Gasteiger partial charge in [-0.15, -0.1) is 0 Å². The number of hydrogen-bond acceptors (Lipinski definition) is 7. The quantitative estimate of drug-likeness (QED) is 0.316. The molecule has 2 aromatic rings. The highest BCUT2D eigenvalue weighted by atomic mass is 16.6. The average Bonchev–Trinajstić information content (AvgIpc) is 3.21. The lowest BCUT2D eigenvalue weighted by Crippen LogP contribution is -2.32. The third-order valence-electron chi connectivity index (χ3n) is 5.77. The lowest BCUT2D eigenvalue weighted by Gasteiger charge is -2.19. The first-order chi connectivity index (χ1) is 17.2. The zero-order valence-electron chi connectivity index (χ0n) is 20.8. The molecule has 0 aromatic heterocycles. The van der Waals surface area contributed by atoms with Crippen LogP contribution >= 0.6 is 0 Å². The van der Waals surface area contributed by atoms with E-state index in [0.717, 1.165) is 0 Å². The van der Waals surface area contributed by atoms with E-state index in [0.29, 0.717) is 72.6 Å². The molecule has 0 atom stereocenters. The van der Waals surface area contributed by atoms with Crippen LogP contribution in [0.25, 0.3) is 11.1 Å². The van der Waals surface area contributed by atoms with Gasteiger partial charge in [0, 0.05) is 26.6 Å². The van der Waals surface area contributed by atoms with Gasteiger partial charge in [0.05, 0.1) is 59.5 Å². The molecule has 0 spiro atoms. The van der Waals surface area contributed by atoms with E-state index in [1.54, 1.807) is 14.2 Å². The van der Waals surface area contributed by atoms with E-state index in [2.05, 4.69) is 24.3 Å². The molecular weight excluding hydrogens is 450 g/mol. The van der Waals surface area contributed by atoms with Crippen LogP contribution in [0.2, 0.25) is 0 Å². The Balaban J connectivity index is 1.23. The lowest BCUT2D eigenvalue weighted by atomic mass is 9.98. The van der Waals surface area contributed by atoms with E-state index in [1.165, 1.54) is 27.2 Å². The van der Waals surface area contributed by atoms with Crippen LogP contribution in [0, 0.1) is 0 Å². The Morgan fingerprint density at radius 1 is 0.714 bits per heavy atom. The van der Waals surface area contributed by atoms with Crippen molar-refractivity contribution in [3.8, 4) is 11.1 Å². The number of likely N-dealkylation sites (N-methyl/N-ethyl adjacent to an activating group) is 1. The van der Waals surface area contributed by atoms with Crippen molar-refractivity contribution in [3.05, 3.63) is 59.7 Å². The largest absolute Gasteiger partial charge is 0.448 e. The van der Waals surface area contributed by atoms with Crippen molar-refractivity contribution in [1.29, 1.82) is 0 Å². The second-order valence-electron chi connectivity index (χ2n) is 8.17. The lowest BCUT2D eigenvalue weighted by molar-refractivity contribution is -0.00892. The fraction of sp³-hybridized carbons (Fsp3) is 0.519. The molecule has 0 N–H and O–H groups in total. The van der Waals surface area contributed by atoms with Crippen LogP contribution in [0.3, 0.4) is 0 Å². The number of ether oxygens (including phenoxy) is 6. The van der Waals surface area contributed by atoms with E-state index in [-0.39, 0.29) is 12.0 Å². The van der Waals surface area contributed by atoms with E-state index < -0.39 is 0 Å². The number of nitrogens with zero attached hydrogens (tertiary/aromatic N) is 1. The maximum Gasteiger partial charge on any atom is 0.409 e. The predicted molar refractivity (Wildman–Crippen MR) is 133 cm³/mol. The first-order valence-corrected chi connectivity index (χ1v) is 12.1. The normalized spacial score (nSPS) is 12.4. The van der Waals surface area contributed by atoms with Crippen molar-refractivity contribution >= 4 is 6.09 Å². The molecule has 8 nitrogen and oxygen atoms in total. The number of methoxy groups -OCH3 is 1. The summed E-state index contributed by atoms with van der Waals surface area (Å²) in [6, 6.07) is 16.6. The van der Waals surface area contributed by atoms with Gasteiger partial charge in [-0.25, -0.2) is 4.79 Å². The number of amides is 1. The summed E-state index contributed by atoms with van der Waals surface area (Å²) in [7, 11) is 3.36. The van der Waals surface area contributed by atoms with Crippen molar-refractivity contribution in [1.82, 2.24) is 4.90 Å². The van der Waals surface area contributed by atoms with Crippen molar-refractivity contribution in [2.75, 3.05) is 86.8 Å². The van der Waals surface area contributed by atoms with Crippen LogP contribution in [-0.2, 0) is 28.4 Å². The van der Waals surface area contributed by atoms with E-state index >= 15 is 0 Å². The van der Waals surface area contributed by atoms with E-state index in [1.807, 2.05) is 24.3 Å². The second-order valence-corrected chi connectivity index (χ2v) is 8.17. The number of rotatable bonds is 17. The van der Waals surface area contributed by atoms with Crippen molar-refractivity contribution in [2.45, 2.75) is 5.92 Å². The molecule has 1 aliphatic rings. The Kier molecular flexibility index (Phi) is 12.0. The van der Waals surface area contributed by atoms with Gasteiger partial charge in [0.1, 0.15) is 6.61 Å². The summed E-state index contributed by atoms with van der Waals surface area (Å²) in [5.41, 5.74) is 4.83. The highest BCUT2D eigenvalue weighted by Gasteiger charge is 2.29. The molecule has 192 valence electrons. The van der Waals surface area contributed by atoms with Gasteiger partial charge in [0.25, 0.3) is 0 Å². The van der Waals surface area contributed by atoms with Gasteiger partial charge in [-0.05, 0) is 22.3 Å². The first kappa shape index (κ1) is 27.1. The summed E-state index contributed by atoms with van der Waals surface area (Å²) in [4.78, 5) is 14.0. The Bertz CT molecular complexity index is 846. The van der Waals surface area contributed by atoms with Crippen LogP contribution in [0.1, 0.15) is 17.0 Å². The van der Waals surface area contributed by atoms with Crippen LogP contribution in [0.15, 0.2) is 48.5 Å². The van der Waals surface area contributed by atoms with Gasteiger partial charge < -0.3 is 33.3 Å². The third kappa shape index (κ3) is 8.59. The molecule has 0 bridgehead atoms. The van der Waals surface area contributed by atoms with Gasteiger partial charge in [0.2, 0.25) is 0 Å².